The second-order valence-electron chi connectivity index (χ2n) is 6.35. The van der Waals surface area contributed by atoms with Crippen molar-refractivity contribution in [2.45, 2.75) is 52.0 Å². The average molecular weight is 275 g/mol. The molecule has 0 fully saturated rings. The molecule has 1 heterocycles. The molecular formula is C17H25NO2. The number of methoxy groups -OCH3 is 1. The number of nitrogens with zero attached hydrogens (tertiary/aromatic N) is 1. The molecular weight excluding hydrogens is 250 g/mol. The first-order chi connectivity index (χ1) is 9.44. The van der Waals surface area contributed by atoms with Crippen LogP contribution in [-0.4, -0.2) is 25.5 Å². The van der Waals surface area contributed by atoms with Crippen LogP contribution in [0.4, 0.5) is 5.69 Å². The summed E-state index contributed by atoms with van der Waals surface area (Å²) < 4.78 is 5.57. The van der Waals surface area contributed by atoms with Crippen LogP contribution in [0.3, 0.4) is 0 Å². The summed E-state index contributed by atoms with van der Waals surface area (Å²) >= 11 is 0. The summed E-state index contributed by atoms with van der Waals surface area (Å²) in [6.45, 7) is 10.0. The summed E-state index contributed by atoms with van der Waals surface area (Å²) in [5.74, 6) is 1.25. The SMILES string of the molecule is CCCN1c2c(OC)cc(C=O)cc2C(C)CC1(C)C. The van der Waals surface area contributed by atoms with Crippen molar-refractivity contribution in [2.75, 3.05) is 18.6 Å². The van der Waals surface area contributed by atoms with E-state index in [1.165, 1.54) is 11.3 Å². The van der Waals surface area contributed by atoms with Gasteiger partial charge in [0.2, 0.25) is 0 Å². The van der Waals surface area contributed by atoms with Crippen molar-refractivity contribution in [2.24, 2.45) is 0 Å². The molecule has 0 saturated carbocycles. The van der Waals surface area contributed by atoms with E-state index in [9.17, 15) is 4.79 Å². The molecule has 1 atom stereocenters. The van der Waals surface area contributed by atoms with Crippen molar-refractivity contribution in [3.05, 3.63) is 23.3 Å². The van der Waals surface area contributed by atoms with Gasteiger partial charge in [-0.2, -0.15) is 0 Å². The quantitative estimate of drug-likeness (QED) is 0.778. The number of aldehydes is 1. The Labute approximate surface area is 121 Å². The standard InChI is InChI=1S/C17H25NO2/c1-6-7-18-16-14(12(2)10-17(18,3)4)8-13(11-19)9-15(16)20-5/h8-9,11-12H,6-7,10H2,1-5H3. The van der Waals surface area contributed by atoms with Gasteiger partial charge in [-0.1, -0.05) is 13.8 Å². The second kappa shape index (κ2) is 5.47. The van der Waals surface area contributed by atoms with Crippen LogP contribution in [0.2, 0.25) is 0 Å². The summed E-state index contributed by atoms with van der Waals surface area (Å²) in [5.41, 5.74) is 3.21. The Hall–Kier alpha value is -1.51. The van der Waals surface area contributed by atoms with Crippen LogP contribution >= 0.6 is 0 Å². The maximum atomic E-state index is 11.1. The van der Waals surface area contributed by atoms with E-state index in [0.717, 1.165) is 31.4 Å². The van der Waals surface area contributed by atoms with Crippen molar-refractivity contribution >= 4 is 12.0 Å². The summed E-state index contributed by atoms with van der Waals surface area (Å²) in [5, 5.41) is 0. The summed E-state index contributed by atoms with van der Waals surface area (Å²) in [7, 11) is 1.68. The molecule has 1 unspecified atom stereocenters. The number of hydrogen-bond acceptors (Lipinski definition) is 3. The molecule has 3 nitrogen and oxygen atoms in total. The Morgan fingerprint density at radius 2 is 2.15 bits per heavy atom. The van der Waals surface area contributed by atoms with Crippen LogP contribution in [0.25, 0.3) is 0 Å². The number of fused-ring (bicyclic) bond motifs is 1. The molecule has 1 aromatic rings. The molecule has 3 heteroatoms. The largest absolute Gasteiger partial charge is 0.495 e. The predicted molar refractivity (Wildman–Crippen MR) is 83.1 cm³/mol. The molecule has 0 saturated heterocycles. The van der Waals surface area contributed by atoms with Gasteiger partial charge >= 0.3 is 0 Å². The minimum atomic E-state index is 0.110. The highest BCUT2D eigenvalue weighted by molar-refractivity contribution is 5.81. The van der Waals surface area contributed by atoms with E-state index in [-0.39, 0.29) is 5.54 Å². The van der Waals surface area contributed by atoms with E-state index in [2.05, 4.69) is 32.6 Å². The third kappa shape index (κ3) is 2.41. The zero-order valence-electron chi connectivity index (χ0n) is 13.2. The Kier molecular flexibility index (Phi) is 4.07. The van der Waals surface area contributed by atoms with Gasteiger partial charge in [-0.25, -0.2) is 0 Å². The maximum Gasteiger partial charge on any atom is 0.150 e. The lowest BCUT2D eigenvalue weighted by Gasteiger charge is -2.48. The first kappa shape index (κ1) is 14.9. The normalized spacial score (nSPS) is 20.4. The van der Waals surface area contributed by atoms with Crippen molar-refractivity contribution in [1.29, 1.82) is 0 Å². The smallest absolute Gasteiger partial charge is 0.150 e. The lowest BCUT2D eigenvalue weighted by Crippen LogP contribution is -2.48. The minimum absolute atomic E-state index is 0.110. The Morgan fingerprint density at radius 3 is 2.70 bits per heavy atom. The fraction of sp³-hybridized carbons (Fsp3) is 0.588. The van der Waals surface area contributed by atoms with Gasteiger partial charge in [-0.3, -0.25) is 4.79 Å². The van der Waals surface area contributed by atoms with Crippen molar-refractivity contribution in [1.82, 2.24) is 0 Å². The molecule has 0 radical (unpaired) electrons. The third-order valence-corrected chi connectivity index (χ3v) is 4.27. The molecule has 0 spiro atoms. The van der Waals surface area contributed by atoms with Gasteiger partial charge in [0.05, 0.1) is 12.8 Å². The van der Waals surface area contributed by atoms with Gasteiger partial charge in [0, 0.05) is 17.6 Å². The number of ether oxygens (including phenoxy) is 1. The monoisotopic (exact) mass is 275 g/mol. The maximum absolute atomic E-state index is 11.1. The van der Waals surface area contributed by atoms with Crippen LogP contribution in [0.15, 0.2) is 12.1 Å². The molecule has 0 bridgehead atoms. The summed E-state index contributed by atoms with van der Waals surface area (Å²) in [6.07, 6.45) is 3.08. The molecule has 0 aliphatic carbocycles. The molecule has 110 valence electrons. The van der Waals surface area contributed by atoms with Gasteiger partial charge < -0.3 is 9.64 Å². The molecule has 1 aromatic carbocycles. The van der Waals surface area contributed by atoms with E-state index >= 15 is 0 Å². The predicted octanol–water partition coefficient (Wildman–Crippen LogP) is 4.01. The second-order valence-corrected chi connectivity index (χ2v) is 6.35. The van der Waals surface area contributed by atoms with Crippen LogP contribution in [0, 0.1) is 0 Å². The number of hydrogen-bond donors (Lipinski definition) is 0. The number of anilines is 1. The molecule has 0 N–H and O–H groups in total. The Bertz CT molecular complexity index is 508. The number of carbonyl (C=O) groups is 1. The van der Waals surface area contributed by atoms with E-state index in [1.807, 2.05) is 12.1 Å². The van der Waals surface area contributed by atoms with Crippen molar-refractivity contribution in [3.8, 4) is 5.75 Å². The summed E-state index contributed by atoms with van der Waals surface area (Å²) in [6, 6.07) is 3.87. The van der Waals surface area contributed by atoms with Crippen molar-refractivity contribution < 1.29 is 9.53 Å². The van der Waals surface area contributed by atoms with Gasteiger partial charge in [0.15, 0.2) is 0 Å². The Balaban J connectivity index is 2.65. The van der Waals surface area contributed by atoms with Crippen LogP contribution in [0.5, 0.6) is 5.75 Å². The van der Waals surface area contributed by atoms with Gasteiger partial charge in [-0.15, -0.1) is 0 Å². The number of rotatable bonds is 4. The molecule has 0 aromatic heterocycles. The first-order valence-corrected chi connectivity index (χ1v) is 7.39. The molecule has 2 rings (SSSR count). The van der Waals surface area contributed by atoms with Crippen LogP contribution in [-0.2, 0) is 0 Å². The van der Waals surface area contributed by atoms with E-state index in [4.69, 9.17) is 4.74 Å². The van der Waals surface area contributed by atoms with Crippen molar-refractivity contribution in [3.63, 3.8) is 0 Å². The van der Waals surface area contributed by atoms with Gasteiger partial charge in [0.1, 0.15) is 12.0 Å². The Morgan fingerprint density at radius 1 is 1.45 bits per heavy atom. The van der Waals surface area contributed by atoms with E-state index in [1.54, 1.807) is 7.11 Å². The summed E-state index contributed by atoms with van der Waals surface area (Å²) in [4.78, 5) is 13.6. The lowest BCUT2D eigenvalue weighted by atomic mass is 9.79. The lowest BCUT2D eigenvalue weighted by molar-refractivity contribution is 0.112. The van der Waals surface area contributed by atoms with Crippen LogP contribution < -0.4 is 9.64 Å². The van der Waals surface area contributed by atoms with E-state index in [0.29, 0.717) is 11.5 Å². The zero-order chi connectivity index (χ0) is 14.9. The fourth-order valence-electron chi connectivity index (χ4n) is 3.45. The topological polar surface area (TPSA) is 29.5 Å². The first-order valence-electron chi connectivity index (χ1n) is 7.39. The van der Waals surface area contributed by atoms with E-state index < -0.39 is 0 Å². The third-order valence-electron chi connectivity index (χ3n) is 4.27. The average Bonchev–Trinajstić information content (AvgIpc) is 2.41. The fourth-order valence-corrected chi connectivity index (χ4v) is 3.45. The molecule has 1 aliphatic rings. The van der Waals surface area contributed by atoms with Gasteiger partial charge in [-0.05, 0) is 50.3 Å². The highest BCUT2D eigenvalue weighted by atomic mass is 16.5. The molecule has 20 heavy (non-hydrogen) atoms. The highest BCUT2D eigenvalue weighted by Gasteiger charge is 2.37. The van der Waals surface area contributed by atoms with Crippen LogP contribution in [0.1, 0.15) is 62.4 Å². The highest BCUT2D eigenvalue weighted by Crippen LogP contribution is 2.48. The molecule has 0 amide bonds. The number of benzene rings is 1. The molecule has 1 aliphatic heterocycles. The van der Waals surface area contributed by atoms with Gasteiger partial charge in [0.25, 0.3) is 0 Å². The zero-order valence-corrected chi connectivity index (χ0v) is 13.2. The minimum Gasteiger partial charge on any atom is -0.495 e. The number of carbonyl (C=O) groups excluding carboxylic acids is 1.